The highest BCUT2D eigenvalue weighted by molar-refractivity contribution is 6.25. The van der Waals surface area contributed by atoms with E-state index in [0.717, 1.165) is 33.1 Å². The van der Waals surface area contributed by atoms with Crippen molar-refractivity contribution in [3.05, 3.63) is 169 Å². The van der Waals surface area contributed by atoms with E-state index >= 15 is 0 Å². The number of furan rings is 2. The summed E-state index contributed by atoms with van der Waals surface area (Å²) in [4.78, 5) is 0. The molecular weight excluding hydrogens is 645 g/mol. The summed E-state index contributed by atoms with van der Waals surface area (Å²) in [6.45, 7) is 4.75. The number of benzene rings is 9. The van der Waals surface area contributed by atoms with Crippen LogP contribution >= 0.6 is 0 Å². The maximum Gasteiger partial charge on any atom is 0.136 e. The van der Waals surface area contributed by atoms with Gasteiger partial charge in [-0.3, -0.25) is 0 Å². The van der Waals surface area contributed by atoms with E-state index < -0.39 is 0 Å². The van der Waals surface area contributed by atoms with Crippen LogP contribution in [0.3, 0.4) is 0 Å². The first-order chi connectivity index (χ1) is 26.0. The Balaban J connectivity index is 1.09. The van der Waals surface area contributed by atoms with Crippen molar-refractivity contribution in [1.29, 1.82) is 0 Å². The zero-order valence-corrected chi connectivity index (χ0v) is 29.3. The highest BCUT2D eigenvalue weighted by Crippen LogP contribution is 2.53. The van der Waals surface area contributed by atoms with Gasteiger partial charge in [0.2, 0.25) is 0 Å². The van der Waals surface area contributed by atoms with E-state index in [-0.39, 0.29) is 5.41 Å². The summed E-state index contributed by atoms with van der Waals surface area (Å²) in [5.74, 6) is 0. The van der Waals surface area contributed by atoms with Gasteiger partial charge in [0.05, 0.1) is 0 Å². The Morgan fingerprint density at radius 1 is 0.358 bits per heavy atom. The molecule has 0 fully saturated rings. The van der Waals surface area contributed by atoms with E-state index in [0.29, 0.717) is 0 Å². The first-order valence-electron chi connectivity index (χ1n) is 18.4. The van der Waals surface area contributed by atoms with Gasteiger partial charge >= 0.3 is 0 Å². The molecule has 0 spiro atoms. The Bertz CT molecular complexity index is 3310. The lowest BCUT2D eigenvalue weighted by Gasteiger charge is -2.23. The lowest BCUT2D eigenvalue weighted by molar-refractivity contribution is 0.658. The molecule has 0 amide bonds. The molecule has 2 heterocycles. The van der Waals surface area contributed by atoms with Gasteiger partial charge in [-0.25, -0.2) is 0 Å². The summed E-state index contributed by atoms with van der Waals surface area (Å²) < 4.78 is 12.9. The zero-order valence-electron chi connectivity index (χ0n) is 29.3. The molecular formula is C51H32O2. The van der Waals surface area contributed by atoms with Gasteiger partial charge in [-0.05, 0) is 119 Å². The minimum Gasteiger partial charge on any atom is -0.456 e. The summed E-state index contributed by atoms with van der Waals surface area (Å²) in [6.07, 6.45) is 0. The van der Waals surface area contributed by atoms with E-state index in [2.05, 4.69) is 166 Å². The summed E-state index contributed by atoms with van der Waals surface area (Å²) in [7, 11) is 0. The number of para-hydroxylation sites is 1. The van der Waals surface area contributed by atoms with Crippen molar-refractivity contribution in [2.24, 2.45) is 0 Å². The van der Waals surface area contributed by atoms with E-state index in [1.54, 1.807) is 0 Å². The van der Waals surface area contributed by atoms with Crippen LogP contribution in [0.4, 0.5) is 0 Å². The molecule has 2 nitrogen and oxygen atoms in total. The molecule has 248 valence electrons. The molecule has 12 rings (SSSR count). The molecule has 1 aliphatic rings. The van der Waals surface area contributed by atoms with Gasteiger partial charge in [0.1, 0.15) is 22.3 Å². The average Bonchev–Trinajstić information content (AvgIpc) is 3.82. The third-order valence-electron chi connectivity index (χ3n) is 12.0. The fourth-order valence-electron chi connectivity index (χ4n) is 9.56. The maximum atomic E-state index is 6.55. The fraction of sp³-hybridized carbons (Fsp3) is 0.0588. The minimum absolute atomic E-state index is 0.196. The van der Waals surface area contributed by atoms with Gasteiger partial charge < -0.3 is 8.83 Å². The molecule has 11 aromatic rings. The molecule has 2 heteroatoms. The largest absolute Gasteiger partial charge is 0.456 e. The highest BCUT2D eigenvalue weighted by Gasteiger charge is 2.37. The minimum atomic E-state index is -0.196. The predicted molar refractivity (Wildman–Crippen MR) is 222 cm³/mol. The monoisotopic (exact) mass is 676 g/mol. The van der Waals surface area contributed by atoms with Gasteiger partial charge in [0, 0.05) is 27.0 Å². The van der Waals surface area contributed by atoms with Crippen molar-refractivity contribution < 1.29 is 8.83 Å². The SMILES string of the molecule is CC1(C)c2cc(-c3c4ccccc4c(-c4cccc5oc6ccccc6c45)c4ccccc34)ccc2-c2cc3oc4cc5ccccc5cc4c3cc21. The van der Waals surface area contributed by atoms with Crippen molar-refractivity contribution >= 4 is 76.2 Å². The lowest BCUT2D eigenvalue weighted by Crippen LogP contribution is -2.15. The van der Waals surface area contributed by atoms with Crippen LogP contribution in [0, 0.1) is 0 Å². The number of hydrogen-bond donors (Lipinski definition) is 0. The molecule has 0 saturated heterocycles. The molecule has 0 unspecified atom stereocenters. The number of rotatable bonds is 2. The van der Waals surface area contributed by atoms with Gasteiger partial charge in [0.25, 0.3) is 0 Å². The highest BCUT2D eigenvalue weighted by atomic mass is 16.3. The molecule has 1 aliphatic carbocycles. The number of fused-ring (bicyclic) bond motifs is 12. The second-order valence-corrected chi connectivity index (χ2v) is 15.2. The summed E-state index contributed by atoms with van der Waals surface area (Å²) in [5, 5.41) is 12.1. The molecule has 2 aromatic heterocycles. The summed E-state index contributed by atoms with van der Waals surface area (Å²) in [5.41, 5.74) is 13.7. The Morgan fingerprint density at radius 3 is 1.68 bits per heavy atom. The third-order valence-corrected chi connectivity index (χ3v) is 12.0. The van der Waals surface area contributed by atoms with Crippen LogP contribution in [0.15, 0.2) is 167 Å². The second kappa shape index (κ2) is 10.2. The normalized spacial score (nSPS) is 13.6. The van der Waals surface area contributed by atoms with Crippen LogP contribution in [0.1, 0.15) is 25.0 Å². The lowest BCUT2D eigenvalue weighted by atomic mass is 9.80. The van der Waals surface area contributed by atoms with Crippen LogP contribution in [0.5, 0.6) is 0 Å². The van der Waals surface area contributed by atoms with Gasteiger partial charge in [-0.2, -0.15) is 0 Å². The van der Waals surface area contributed by atoms with E-state index in [4.69, 9.17) is 8.83 Å². The Labute approximate surface area is 305 Å². The first-order valence-corrected chi connectivity index (χ1v) is 18.4. The quantitative estimate of drug-likeness (QED) is 0.170. The van der Waals surface area contributed by atoms with Crippen molar-refractivity contribution in [2.75, 3.05) is 0 Å². The Hall–Kier alpha value is -6.64. The topological polar surface area (TPSA) is 26.3 Å². The van der Waals surface area contributed by atoms with Gasteiger partial charge in [0.15, 0.2) is 0 Å². The van der Waals surface area contributed by atoms with Crippen molar-refractivity contribution in [3.63, 3.8) is 0 Å². The molecule has 0 bridgehead atoms. The van der Waals surface area contributed by atoms with E-state index in [1.807, 2.05) is 6.07 Å². The molecule has 9 aromatic carbocycles. The van der Waals surface area contributed by atoms with Crippen molar-refractivity contribution in [3.8, 4) is 33.4 Å². The summed E-state index contributed by atoms with van der Waals surface area (Å²) >= 11 is 0. The van der Waals surface area contributed by atoms with Crippen LogP contribution in [-0.2, 0) is 5.41 Å². The van der Waals surface area contributed by atoms with Crippen LogP contribution < -0.4 is 0 Å². The molecule has 0 aliphatic heterocycles. The fourth-order valence-corrected chi connectivity index (χ4v) is 9.56. The standard InChI is InChI=1S/C51H32O2/c1-51(2)42-25-31(22-23-32(42)39-28-47-41(27-43(39)51)40-24-29-12-3-4-13-30(29)26-46(40)53-47)48-33-14-5-7-16-35(33)49(36-17-8-6-15-34(36)48)38-19-11-21-45-50(38)37-18-9-10-20-44(37)52-45/h3-28H,1-2H3. The predicted octanol–water partition coefficient (Wildman–Crippen LogP) is 14.6. The molecule has 0 N–H and O–H groups in total. The number of hydrogen-bond acceptors (Lipinski definition) is 2. The van der Waals surface area contributed by atoms with Crippen molar-refractivity contribution in [1.82, 2.24) is 0 Å². The van der Waals surface area contributed by atoms with E-state index in [1.165, 1.54) is 87.6 Å². The zero-order chi connectivity index (χ0) is 35.0. The molecule has 0 radical (unpaired) electrons. The second-order valence-electron chi connectivity index (χ2n) is 15.2. The van der Waals surface area contributed by atoms with Crippen LogP contribution in [0.25, 0.3) is 110 Å². The van der Waals surface area contributed by atoms with Crippen LogP contribution in [-0.4, -0.2) is 0 Å². The van der Waals surface area contributed by atoms with Crippen molar-refractivity contribution in [2.45, 2.75) is 19.3 Å². The maximum absolute atomic E-state index is 6.55. The Morgan fingerprint density at radius 2 is 0.925 bits per heavy atom. The molecule has 0 atom stereocenters. The third kappa shape index (κ3) is 3.87. The van der Waals surface area contributed by atoms with Crippen LogP contribution in [0.2, 0.25) is 0 Å². The molecule has 0 saturated carbocycles. The van der Waals surface area contributed by atoms with Gasteiger partial charge in [-0.1, -0.05) is 129 Å². The first kappa shape index (κ1) is 29.0. The average molecular weight is 677 g/mol. The smallest absolute Gasteiger partial charge is 0.136 e. The van der Waals surface area contributed by atoms with E-state index in [9.17, 15) is 0 Å². The van der Waals surface area contributed by atoms with Gasteiger partial charge in [-0.15, -0.1) is 0 Å². The Kier molecular flexibility index (Phi) is 5.60. The summed E-state index contributed by atoms with van der Waals surface area (Å²) in [6, 6.07) is 57.5. The molecule has 53 heavy (non-hydrogen) atoms.